The van der Waals surface area contributed by atoms with E-state index in [2.05, 4.69) is 28.9 Å². The summed E-state index contributed by atoms with van der Waals surface area (Å²) in [5.41, 5.74) is 7.28. The van der Waals surface area contributed by atoms with Gasteiger partial charge in [0.05, 0.1) is 7.11 Å². The molecule has 0 heterocycles. The lowest BCUT2D eigenvalue weighted by molar-refractivity contribution is 0.406. The van der Waals surface area contributed by atoms with Crippen molar-refractivity contribution in [2.75, 3.05) is 7.11 Å². The van der Waals surface area contributed by atoms with E-state index in [4.69, 9.17) is 10.5 Å². The molecule has 0 aliphatic carbocycles. The summed E-state index contributed by atoms with van der Waals surface area (Å²) >= 11 is 3.47. The van der Waals surface area contributed by atoms with Crippen molar-refractivity contribution in [1.82, 2.24) is 0 Å². The van der Waals surface area contributed by atoms with E-state index < -0.39 is 0 Å². The van der Waals surface area contributed by atoms with Gasteiger partial charge in [-0.15, -0.1) is 0 Å². The van der Waals surface area contributed by atoms with Crippen molar-refractivity contribution in [3.05, 3.63) is 28.2 Å². The molecule has 0 aromatic heterocycles. The van der Waals surface area contributed by atoms with Crippen LogP contribution in [-0.2, 0) is 6.42 Å². The van der Waals surface area contributed by atoms with Crippen LogP contribution in [0.1, 0.15) is 31.7 Å². The van der Waals surface area contributed by atoms with Crippen LogP contribution in [0.5, 0.6) is 5.75 Å². The first-order valence-corrected chi connectivity index (χ1v) is 6.54. The van der Waals surface area contributed by atoms with Crippen LogP contribution in [0.15, 0.2) is 22.7 Å². The summed E-state index contributed by atoms with van der Waals surface area (Å²) in [4.78, 5) is 0. The van der Waals surface area contributed by atoms with Gasteiger partial charge < -0.3 is 10.5 Å². The average Bonchev–Trinajstić information content (AvgIpc) is 2.27. The topological polar surface area (TPSA) is 35.2 Å². The molecule has 0 amide bonds. The first-order valence-electron chi connectivity index (χ1n) is 5.75. The van der Waals surface area contributed by atoms with Crippen LogP contribution in [0.3, 0.4) is 0 Å². The van der Waals surface area contributed by atoms with E-state index in [1.54, 1.807) is 7.11 Å². The summed E-state index contributed by atoms with van der Waals surface area (Å²) in [6, 6.07) is 6.28. The molecule has 90 valence electrons. The minimum absolute atomic E-state index is 0.225. The number of methoxy groups -OCH3 is 1. The third kappa shape index (κ3) is 4.14. The highest BCUT2D eigenvalue weighted by Gasteiger charge is 2.08. The molecule has 1 aromatic rings. The zero-order valence-corrected chi connectivity index (χ0v) is 11.6. The Balaban J connectivity index is 2.67. The van der Waals surface area contributed by atoms with Crippen molar-refractivity contribution in [2.24, 2.45) is 5.73 Å². The third-order valence-electron chi connectivity index (χ3n) is 2.65. The molecule has 2 nitrogen and oxygen atoms in total. The quantitative estimate of drug-likeness (QED) is 0.868. The van der Waals surface area contributed by atoms with E-state index in [1.807, 2.05) is 12.1 Å². The largest absolute Gasteiger partial charge is 0.496 e. The van der Waals surface area contributed by atoms with Crippen LogP contribution in [0.4, 0.5) is 0 Å². The molecule has 1 aromatic carbocycles. The van der Waals surface area contributed by atoms with Crippen LogP contribution in [0.25, 0.3) is 0 Å². The SMILES string of the molecule is CCCCC(N)Cc1cc(Br)ccc1OC. The minimum atomic E-state index is 0.225. The summed E-state index contributed by atoms with van der Waals surface area (Å²) in [6.07, 6.45) is 4.34. The Morgan fingerprint density at radius 3 is 2.81 bits per heavy atom. The number of hydrogen-bond acceptors (Lipinski definition) is 2. The summed E-state index contributed by atoms with van der Waals surface area (Å²) in [6.45, 7) is 2.19. The molecule has 0 aliphatic rings. The number of halogens is 1. The third-order valence-corrected chi connectivity index (χ3v) is 3.15. The van der Waals surface area contributed by atoms with Gasteiger partial charge in [-0.1, -0.05) is 35.7 Å². The molecule has 0 aliphatic heterocycles. The molecule has 3 heteroatoms. The van der Waals surface area contributed by atoms with E-state index in [1.165, 1.54) is 18.4 Å². The molecular formula is C13H20BrNO. The van der Waals surface area contributed by atoms with E-state index >= 15 is 0 Å². The molecule has 2 N–H and O–H groups in total. The Morgan fingerprint density at radius 1 is 1.44 bits per heavy atom. The number of nitrogens with two attached hydrogens (primary N) is 1. The monoisotopic (exact) mass is 285 g/mol. The van der Waals surface area contributed by atoms with Crippen LogP contribution >= 0.6 is 15.9 Å². The Labute approximate surface area is 106 Å². The molecule has 0 fully saturated rings. The van der Waals surface area contributed by atoms with Gasteiger partial charge in [0.1, 0.15) is 5.75 Å². The molecule has 0 saturated carbocycles. The van der Waals surface area contributed by atoms with Gasteiger partial charge in [0, 0.05) is 10.5 Å². The fourth-order valence-corrected chi connectivity index (χ4v) is 2.17. The number of unbranched alkanes of at least 4 members (excludes halogenated alkanes) is 1. The van der Waals surface area contributed by atoms with Crippen molar-refractivity contribution in [3.8, 4) is 5.75 Å². The molecule has 0 radical (unpaired) electrons. The average molecular weight is 286 g/mol. The molecule has 1 unspecified atom stereocenters. The van der Waals surface area contributed by atoms with Crippen molar-refractivity contribution in [2.45, 2.75) is 38.6 Å². The van der Waals surface area contributed by atoms with Gasteiger partial charge in [-0.05, 0) is 36.6 Å². The molecule has 1 rings (SSSR count). The van der Waals surface area contributed by atoms with Gasteiger partial charge in [0.2, 0.25) is 0 Å². The van der Waals surface area contributed by atoms with Crippen molar-refractivity contribution >= 4 is 15.9 Å². The molecule has 16 heavy (non-hydrogen) atoms. The van der Waals surface area contributed by atoms with Crippen molar-refractivity contribution in [1.29, 1.82) is 0 Å². The normalized spacial score (nSPS) is 12.5. The number of ether oxygens (including phenoxy) is 1. The Kier molecular flexibility index (Phi) is 5.85. The van der Waals surface area contributed by atoms with E-state index in [-0.39, 0.29) is 6.04 Å². The van der Waals surface area contributed by atoms with E-state index in [9.17, 15) is 0 Å². The number of hydrogen-bond donors (Lipinski definition) is 1. The highest BCUT2D eigenvalue weighted by atomic mass is 79.9. The predicted octanol–water partition coefficient (Wildman–Crippen LogP) is 3.52. The Morgan fingerprint density at radius 2 is 2.19 bits per heavy atom. The Hall–Kier alpha value is -0.540. The zero-order chi connectivity index (χ0) is 12.0. The van der Waals surface area contributed by atoms with Crippen LogP contribution in [0.2, 0.25) is 0 Å². The second-order valence-corrected chi connectivity index (χ2v) is 4.98. The summed E-state index contributed by atoms with van der Waals surface area (Å²) in [7, 11) is 1.70. The van der Waals surface area contributed by atoms with Gasteiger partial charge in [-0.3, -0.25) is 0 Å². The summed E-state index contributed by atoms with van der Waals surface area (Å²) in [5, 5.41) is 0. The first-order chi connectivity index (χ1) is 7.67. The molecule has 0 saturated heterocycles. The lowest BCUT2D eigenvalue weighted by Gasteiger charge is -2.14. The van der Waals surface area contributed by atoms with Crippen LogP contribution in [0, 0.1) is 0 Å². The highest BCUT2D eigenvalue weighted by Crippen LogP contribution is 2.24. The fourth-order valence-electron chi connectivity index (χ4n) is 1.76. The molecular weight excluding hydrogens is 266 g/mol. The standard InChI is InChI=1S/C13H20BrNO/c1-3-4-5-12(15)9-10-8-11(14)6-7-13(10)16-2/h6-8,12H,3-5,9,15H2,1-2H3. The van der Waals surface area contributed by atoms with Gasteiger partial charge in [0.15, 0.2) is 0 Å². The minimum Gasteiger partial charge on any atom is -0.496 e. The maximum atomic E-state index is 6.09. The summed E-state index contributed by atoms with van der Waals surface area (Å²) in [5.74, 6) is 0.926. The lowest BCUT2D eigenvalue weighted by Crippen LogP contribution is -2.22. The molecule has 0 spiro atoms. The van der Waals surface area contributed by atoms with Crippen molar-refractivity contribution in [3.63, 3.8) is 0 Å². The lowest BCUT2D eigenvalue weighted by atomic mass is 10.0. The first kappa shape index (κ1) is 13.5. The Bertz CT molecular complexity index is 328. The van der Waals surface area contributed by atoms with Crippen LogP contribution in [-0.4, -0.2) is 13.2 Å². The maximum Gasteiger partial charge on any atom is 0.122 e. The smallest absolute Gasteiger partial charge is 0.122 e. The van der Waals surface area contributed by atoms with E-state index in [0.717, 1.165) is 23.1 Å². The van der Waals surface area contributed by atoms with Crippen molar-refractivity contribution < 1.29 is 4.74 Å². The van der Waals surface area contributed by atoms with Gasteiger partial charge in [-0.25, -0.2) is 0 Å². The van der Waals surface area contributed by atoms with Gasteiger partial charge >= 0.3 is 0 Å². The van der Waals surface area contributed by atoms with Crippen LogP contribution < -0.4 is 10.5 Å². The predicted molar refractivity (Wildman–Crippen MR) is 71.9 cm³/mol. The van der Waals surface area contributed by atoms with Gasteiger partial charge in [0.25, 0.3) is 0 Å². The van der Waals surface area contributed by atoms with Gasteiger partial charge in [-0.2, -0.15) is 0 Å². The molecule has 0 bridgehead atoms. The second kappa shape index (κ2) is 6.92. The number of benzene rings is 1. The maximum absolute atomic E-state index is 6.09. The second-order valence-electron chi connectivity index (χ2n) is 4.06. The summed E-state index contributed by atoms with van der Waals surface area (Å²) < 4.78 is 6.40. The van der Waals surface area contributed by atoms with E-state index in [0.29, 0.717) is 0 Å². The number of rotatable bonds is 6. The molecule has 1 atom stereocenters. The highest BCUT2D eigenvalue weighted by molar-refractivity contribution is 9.10. The zero-order valence-electron chi connectivity index (χ0n) is 10.0. The fraction of sp³-hybridized carbons (Fsp3) is 0.538.